The first kappa shape index (κ1) is 23.6. The van der Waals surface area contributed by atoms with Gasteiger partial charge in [-0.2, -0.15) is 26.3 Å². The number of imidazole rings is 1. The molecule has 0 amide bonds. The zero-order valence-corrected chi connectivity index (χ0v) is 19.2. The van der Waals surface area contributed by atoms with Crippen LogP contribution in [0.15, 0.2) is 36.7 Å². The molecule has 192 valence electrons. The van der Waals surface area contributed by atoms with E-state index in [1.54, 1.807) is 4.90 Å². The highest BCUT2D eigenvalue weighted by Gasteiger charge is 2.45. The van der Waals surface area contributed by atoms with Gasteiger partial charge in [-0.25, -0.2) is 19.9 Å². The first-order valence-electron chi connectivity index (χ1n) is 11.7. The van der Waals surface area contributed by atoms with Crippen LogP contribution < -0.4 is 4.90 Å². The molecule has 1 aliphatic carbocycles. The average Bonchev–Trinajstić information content (AvgIpc) is 3.25. The third-order valence-corrected chi connectivity index (χ3v) is 7.02. The van der Waals surface area contributed by atoms with Gasteiger partial charge in [0.1, 0.15) is 17.2 Å². The molecule has 0 radical (unpaired) electrons. The summed E-state index contributed by atoms with van der Waals surface area (Å²) in [5.74, 6) is -0.561. The van der Waals surface area contributed by atoms with Crippen molar-refractivity contribution >= 4 is 22.7 Å². The highest BCUT2D eigenvalue weighted by atomic mass is 19.4. The zero-order chi connectivity index (χ0) is 26.0. The van der Waals surface area contributed by atoms with Crippen molar-refractivity contribution in [3.8, 4) is 0 Å². The number of aryl methyl sites for hydroxylation is 1. The van der Waals surface area contributed by atoms with Crippen LogP contribution in [0.5, 0.6) is 0 Å². The lowest BCUT2D eigenvalue weighted by Crippen LogP contribution is -2.38. The number of aromatic nitrogens is 6. The van der Waals surface area contributed by atoms with E-state index in [0.29, 0.717) is 49.4 Å². The minimum atomic E-state index is -4.66. The number of hydrogen-bond acceptors (Lipinski definition) is 6. The fraction of sp³-hybridized carbons (Fsp3) is 0.375. The Morgan fingerprint density at radius 2 is 1.70 bits per heavy atom. The molecule has 0 atom stereocenters. The maximum absolute atomic E-state index is 13.2. The van der Waals surface area contributed by atoms with Crippen LogP contribution in [0.2, 0.25) is 0 Å². The van der Waals surface area contributed by atoms with Gasteiger partial charge in [0.2, 0.25) is 5.82 Å². The molecule has 0 unspecified atom stereocenters. The standard InChI is InChI=1S/C24H19F6N7/c25-23(26,27)13-11-15-19(32-12-13)36-20(34-15)22(7-2-8-22)17-5-4-16-14(33-17)3-1-10-37(16)18-6-9-31-21(35-18)24(28,29)30/h4-6,9,11-12H,1-3,7-8,10H2,(H,32,34,36). The molecule has 1 N–H and O–H groups in total. The molecule has 2 aliphatic rings. The van der Waals surface area contributed by atoms with Crippen molar-refractivity contribution < 1.29 is 26.3 Å². The molecule has 0 aromatic carbocycles. The van der Waals surface area contributed by atoms with Crippen molar-refractivity contribution in [2.24, 2.45) is 0 Å². The molecule has 4 aromatic rings. The van der Waals surface area contributed by atoms with Gasteiger partial charge in [0.15, 0.2) is 5.65 Å². The van der Waals surface area contributed by atoms with Crippen LogP contribution >= 0.6 is 0 Å². The minimum Gasteiger partial charge on any atom is -0.326 e. The summed E-state index contributed by atoms with van der Waals surface area (Å²) in [6.45, 7) is 0.476. The quantitative estimate of drug-likeness (QED) is 0.348. The second-order valence-corrected chi connectivity index (χ2v) is 9.26. The number of hydrogen-bond donors (Lipinski definition) is 1. The van der Waals surface area contributed by atoms with Crippen molar-refractivity contribution in [1.29, 1.82) is 0 Å². The number of halogens is 6. The lowest BCUT2D eigenvalue weighted by Gasteiger charge is -2.40. The van der Waals surface area contributed by atoms with Gasteiger partial charge in [0, 0.05) is 18.9 Å². The van der Waals surface area contributed by atoms with Crippen molar-refractivity contribution in [2.45, 2.75) is 49.9 Å². The molecule has 6 rings (SSSR count). The topological polar surface area (TPSA) is 83.5 Å². The van der Waals surface area contributed by atoms with E-state index in [2.05, 4.69) is 24.9 Å². The number of rotatable bonds is 3. The number of aromatic amines is 1. The molecule has 5 heterocycles. The number of H-pyrrole nitrogens is 1. The molecule has 0 spiro atoms. The van der Waals surface area contributed by atoms with Crippen LogP contribution in [0.25, 0.3) is 11.2 Å². The van der Waals surface area contributed by atoms with Crippen LogP contribution in [-0.2, 0) is 24.2 Å². The van der Waals surface area contributed by atoms with Crippen LogP contribution in [0.3, 0.4) is 0 Å². The molecule has 7 nitrogen and oxygen atoms in total. The molecule has 1 aliphatic heterocycles. The molecule has 0 bridgehead atoms. The zero-order valence-electron chi connectivity index (χ0n) is 19.2. The number of pyridine rings is 2. The Hall–Kier alpha value is -3.77. The normalized spacial score (nSPS) is 17.5. The van der Waals surface area contributed by atoms with E-state index < -0.39 is 29.2 Å². The van der Waals surface area contributed by atoms with Gasteiger partial charge in [-0.15, -0.1) is 0 Å². The SMILES string of the molecule is FC(F)(F)c1cnc2[nH]c(C3(c4ccc5c(n4)CCCN5c4ccnc(C(F)(F)F)n4)CCC3)nc2c1. The van der Waals surface area contributed by atoms with Crippen molar-refractivity contribution in [3.05, 3.63) is 65.3 Å². The summed E-state index contributed by atoms with van der Waals surface area (Å²) < 4.78 is 78.9. The molecule has 37 heavy (non-hydrogen) atoms. The van der Waals surface area contributed by atoms with E-state index in [0.717, 1.165) is 30.6 Å². The Labute approximate surface area is 206 Å². The van der Waals surface area contributed by atoms with Gasteiger partial charge in [-0.3, -0.25) is 4.98 Å². The predicted octanol–water partition coefficient (Wildman–Crippen LogP) is 5.73. The monoisotopic (exact) mass is 519 g/mol. The molecule has 1 fully saturated rings. The minimum absolute atomic E-state index is 0.129. The average molecular weight is 519 g/mol. The molecule has 1 saturated carbocycles. The summed E-state index contributed by atoms with van der Waals surface area (Å²) in [6, 6.07) is 6.03. The number of fused-ring (bicyclic) bond motifs is 2. The summed E-state index contributed by atoms with van der Waals surface area (Å²) in [5.41, 5.74) is 1.02. The van der Waals surface area contributed by atoms with Crippen LogP contribution in [-0.4, -0.2) is 36.4 Å². The van der Waals surface area contributed by atoms with E-state index in [9.17, 15) is 26.3 Å². The summed E-state index contributed by atoms with van der Waals surface area (Å²) >= 11 is 0. The second-order valence-electron chi connectivity index (χ2n) is 9.26. The molecule has 4 aromatic heterocycles. The summed E-state index contributed by atoms with van der Waals surface area (Å²) in [4.78, 5) is 25.1. The first-order chi connectivity index (χ1) is 17.5. The molecule has 0 saturated heterocycles. The first-order valence-corrected chi connectivity index (χ1v) is 11.7. The Kier molecular flexibility index (Phi) is 5.18. The largest absolute Gasteiger partial charge is 0.451 e. The summed E-state index contributed by atoms with van der Waals surface area (Å²) in [7, 11) is 0. The highest BCUT2D eigenvalue weighted by Crippen LogP contribution is 2.48. The molecule has 13 heteroatoms. The van der Waals surface area contributed by atoms with Crippen molar-refractivity contribution in [2.75, 3.05) is 11.4 Å². The molecular formula is C24H19F6N7. The fourth-order valence-corrected chi connectivity index (χ4v) is 5.01. The fourth-order valence-electron chi connectivity index (χ4n) is 5.01. The Morgan fingerprint density at radius 3 is 2.41 bits per heavy atom. The van der Waals surface area contributed by atoms with Gasteiger partial charge in [0.05, 0.1) is 28.1 Å². The van der Waals surface area contributed by atoms with E-state index in [4.69, 9.17) is 4.98 Å². The van der Waals surface area contributed by atoms with Crippen LogP contribution in [0.4, 0.5) is 37.8 Å². The van der Waals surface area contributed by atoms with Gasteiger partial charge in [-0.1, -0.05) is 6.42 Å². The lowest BCUT2D eigenvalue weighted by atomic mass is 9.65. The lowest BCUT2D eigenvalue weighted by molar-refractivity contribution is -0.145. The maximum Gasteiger partial charge on any atom is 0.451 e. The second kappa shape index (κ2) is 8.12. The van der Waals surface area contributed by atoms with Gasteiger partial charge in [0.25, 0.3) is 0 Å². The highest BCUT2D eigenvalue weighted by molar-refractivity contribution is 5.72. The Balaban J connectivity index is 1.37. The van der Waals surface area contributed by atoms with Crippen LogP contribution in [0, 0.1) is 0 Å². The maximum atomic E-state index is 13.2. The predicted molar refractivity (Wildman–Crippen MR) is 120 cm³/mol. The van der Waals surface area contributed by atoms with Crippen molar-refractivity contribution in [3.63, 3.8) is 0 Å². The van der Waals surface area contributed by atoms with Gasteiger partial charge >= 0.3 is 12.4 Å². The van der Waals surface area contributed by atoms with Gasteiger partial charge in [-0.05, 0) is 49.9 Å². The van der Waals surface area contributed by atoms with E-state index in [1.165, 1.54) is 6.07 Å². The van der Waals surface area contributed by atoms with Crippen molar-refractivity contribution in [1.82, 2.24) is 29.9 Å². The number of nitrogens with zero attached hydrogens (tertiary/aromatic N) is 6. The van der Waals surface area contributed by atoms with E-state index in [1.807, 2.05) is 12.1 Å². The number of nitrogens with one attached hydrogen (secondary N) is 1. The van der Waals surface area contributed by atoms with Gasteiger partial charge < -0.3 is 9.88 Å². The summed E-state index contributed by atoms with van der Waals surface area (Å²) in [6.07, 6.45) is -3.72. The number of anilines is 2. The van der Waals surface area contributed by atoms with Crippen LogP contribution in [0.1, 0.15) is 54.3 Å². The third kappa shape index (κ3) is 3.96. The number of alkyl halides is 6. The summed E-state index contributed by atoms with van der Waals surface area (Å²) in [5, 5.41) is 0. The van der Waals surface area contributed by atoms with E-state index in [-0.39, 0.29) is 17.0 Å². The molecular weight excluding hydrogens is 500 g/mol. The smallest absolute Gasteiger partial charge is 0.326 e. The third-order valence-electron chi connectivity index (χ3n) is 7.02. The van der Waals surface area contributed by atoms with E-state index >= 15 is 0 Å². The Morgan fingerprint density at radius 1 is 0.892 bits per heavy atom. The Bertz CT molecular complexity index is 1490.